The van der Waals surface area contributed by atoms with Crippen molar-refractivity contribution in [3.05, 3.63) is 78.0 Å². The van der Waals surface area contributed by atoms with Crippen LogP contribution < -0.4 is 10.1 Å². The highest BCUT2D eigenvalue weighted by Gasteiger charge is 2.10. The van der Waals surface area contributed by atoms with Gasteiger partial charge in [0.2, 0.25) is 5.91 Å². The Morgan fingerprint density at radius 2 is 1.78 bits per heavy atom. The van der Waals surface area contributed by atoms with Crippen molar-refractivity contribution in [2.45, 2.75) is 24.9 Å². The lowest BCUT2D eigenvalue weighted by Crippen LogP contribution is -2.14. The maximum absolute atomic E-state index is 12.3. The van der Waals surface area contributed by atoms with E-state index in [9.17, 15) is 4.79 Å². The minimum absolute atomic E-state index is 0.0152. The highest BCUT2D eigenvalue weighted by atomic mass is 32.2. The van der Waals surface area contributed by atoms with E-state index in [1.165, 1.54) is 11.3 Å². The summed E-state index contributed by atoms with van der Waals surface area (Å²) < 4.78 is 7.41. The molecule has 3 rings (SSSR count). The summed E-state index contributed by atoms with van der Waals surface area (Å²) in [6, 6.07) is 22.0. The third-order valence-corrected chi connectivity index (χ3v) is 5.36. The van der Waals surface area contributed by atoms with Crippen LogP contribution in [0.1, 0.15) is 18.2 Å². The molecule has 0 atom stereocenters. The van der Waals surface area contributed by atoms with Gasteiger partial charge < -0.3 is 14.6 Å². The number of methoxy groups -OCH3 is 1. The summed E-state index contributed by atoms with van der Waals surface area (Å²) in [4.78, 5) is 12.3. The smallest absolute Gasteiger partial charge is 0.234 e. The zero-order chi connectivity index (χ0) is 19.1. The van der Waals surface area contributed by atoms with Gasteiger partial charge in [-0.3, -0.25) is 4.79 Å². The SMILES string of the molecule is CCn1c(Cc2ccccc2)ccc1SCC(=O)Nc1ccc(OC)cc1. The number of anilines is 1. The van der Waals surface area contributed by atoms with Gasteiger partial charge in [-0.1, -0.05) is 42.1 Å². The molecule has 0 spiro atoms. The maximum atomic E-state index is 12.3. The second-order valence-electron chi connectivity index (χ2n) is 6.13. The van der Waals surface area contributed by atoms with E-state index in [-0.39, 0.29) is 5.91 Å². The van der Waals surface area contributed by atoms with Crippen LogP contribution in [0.3, 0.4) is 0 Å². The average Bonchev–Trinajstić information content (AvgIpc) is 3.09. The first-order valence-corrected chi connectivity index (χ1v) is 9.97. The van der Waals surface area contributed by atoms with E-state index < -0.39 is 0 Å². The van der Waals surface area contributed by atoms with Crippen molar-refractivity contribution in [3.63, 3.8) is 0 Å². The van der Waals surface area contributed by atoms with E-state index in [4.69, 9.17) is 4.74 Å². The predicted octanol–water partition coefficient (Wildman–Crippen LogP) is 4.84. The van der Waals surface area contributed by atoms with Crippen LogP contribution in [0, 0.1) is 0 Å². The number of rotatable bonds is 8. The standard InChI is InChI=1S/C22H24N2O2S/c1-3-24-19(15-17-7-5-4-6-8-17)11-14-22(24)27-16-21(25)23-18-9-12-20(26-2)13-10-18/h4-14H,3,15-16H2,1-2H3,(H,23,25). The second kappa shape index (κ2) is 9.33. The van der Waals surface area contributed by atoms with Gasteiger partial charge in [0.25, 0.3) is 0 Å². The van der Waals surface area contributed by atoms with Crippen molar-refractivity contribution >= 4 is 23.4 Å². The van der Waals surface area contributed by atoms with E-state index in [0.717, 1.165) is 29.4 Å². The number of amides is 1. The lowest BCUT2D eigenvalue weighted by atomic mass is 10.1. The Kier molecular flexibility index (Phi) is 6.60. The van der Waals surface area contributed by atoms with Crippen molar-refractivity contribution in [1.29, 1.82) is 0 Å². The largest absolute Gasteiger partial charge is 0.497 e. The minimum atomic E-state index is -0.0152. The summed E-state index contributed by atoms with van der Waals surface area (Å²) >= 11 is 1.56. The maximum Gasteiger partial charge on any atom is 0.234 e. The van der Waals surface area contributed by atoms with Crippen molar-refractivity contribution in [2.24, 2.45) is 0 Å². The number of thioether (sulfide) groups is 1. The van der Waals surface area contributed by atoms with E-state index in [0.29, 0.717) is 5.75 Å². The summed E-state index contributed by atoms with van der Waals surface area (Å²) in [5.74, 6) is 1.13. The van der Waals surface area contributed by atoms with Crippen molar-refractivity contribution < 1.29 is 9.53 Å². The number of carbonyl (C=O) groups excluding carboxylic acids is 1. The molecule has 0 radical (unpaired) electrons. The molecule has 1 heterocycles. The Morgan fingerprint density at radius 3 is 2.44 bits per heavy atom. The molecule has 0 aliphatic carbocycles. The molecule has 0 fully saturated rings. The van der Waals surface area contributed by atoms with E-state index in [1.807, 2.05) is 30.3 Å². The molecule has 1 N–H and O–H groups in total. The summed E-state index contributed by atoms with van der Waals surface area (Å²) in [5.41, 5.74) is 3.33. The fraction of sp³-hybridized carbons (Fsp3) is 0.227. The molecule has 0 saturated heterocycles. The van der Waals surface area contributed by atoms with Gasteiger partial charge in [0.05, 0.1) is 17.9 Å². The number of aromatic nitrogens is 1. The van der Waals surface area contributed by atoms with Gasteiger partial charge in [0, 0.05) is 24.3 Å². The second-order valence-corrected chi connectivity index (χ2v) is 7.13. The number of ether oxygens (including phenoxy) is 1. The Bertz CT molecular complexity index is 873. The molecule has 0 bridgehead atoms. The molecular formula is C22H24N2O2S. The molecule has 5 heteroatoms. The first-order valence-electron chi connectivity index (χ1n) is 8.98. The van der Waals surface area contributed by atoms with Crippen LogP contribution in [0.2, 0.25) is 0 Å². The predicted molar refractivity (Wildman–Crippen MR) is 112 cm³/mol. The molecule has 0 aliphatic heterocycles. The molecule has 27 heavy (non-hydrogen) atoms. The van der Waals surface area contributed by atoms with Crippen LogP contribution in [0.25, 0.3) is 0 Å². The number of benzene rings is 2. The normalized spacial score (nSPS) is 10.6. The van der Waals surface area contributed by atoms with Gasteiger partial charge in [-0.15, -0.1) is 0 Å². The van der Waals surface area contributed by atoms with Gasteiger partial charge in [-0.05, 0) is 48.9 Å². The van der Waals surface area contributed by atoms with Crippen LogP contribution in [0.15, 0.2) is 71.8 Å². The van der Waals surface area contributed by atoms with Gasteiger partial charge in [0.1, 0.15) is 5.75 Å². The number of nitrogens with one attached hydrogen (secondary N) is 1. The van der Waals surface area contributed by atoms with Gasteiger partial charge in [-0.25, -0.2) is 0 Å². The number of hydrogen-bond acceptors (Lipinski definition) is 3. The van der Waals surface area contributed by atoms with Crippen molar-refractivity contribution in [1.82, 2.24) is 4.57 Å². The number of hydrogen-bond donors (Lipinski definition) is 1. The lowest BCUT2D eigenvalue weighted by Gasteiger charge is -2.11. The van der Waals surface area contributed by atoms with Crippen molar-refractivity contribution in [2.75, 3.05) is 18.2 Å². The summed E-state index contributed by atoms with van der Waals surface area (Å²) in [6.45, 7) is 3.02. The topological polar surface area (TPSA) is 43.3 Å². The molecular weight excluding hydrogens is 356 g/mol. The van der Waals surface area contributed by atoms with Crippen LogP contribution in [0.5, 0.6) is 5.75 Å². The highest BCUT2D eigenvalue weighted by molar-refractivity contribution is 7.99. The fourth-order valence-corrected chi connectivity index (χ4v) is 3.86. The quantitative estimate of drug-likeness (QED) is 0.569. The molecule has 0 aliphatic rings. The zero-order valence-electron chi connectivity index (χ0n) is 15.6. The van der Waals surface area contributed by atoms with E-state index >= 15 is 0 Å². The molecule has 3 aromatic rings. The number of nitrogens with zero attached hydrogens (tertiary/aromatic N) is 1. The van der Waals surface area contributed by atoms with E-state index in [1.54, 1.807) is 18.9 Å². The Labute approximate surface area is 164 Å². The summed E-state index contributed by atoms with van der Waals surface area (Å²) in [6.07, 6.45) is 0.896. The number of carbonyl (C=O) groups is 1. The van der Waals surface area contributed by atoms with Crippen molar-refractivity contribution in [3.8, 4) is 5.75 Å². The molecule has 2 aromatic carbocycles. The molecule has 4 nitrogen and oxygen atoms in total. The first kappa shape index (κ1) is 19.1. The fourth-order valence-electron chi connectivity index (χ4n) is 2.94. The van der Waals surface area contributed by atoms with Gasteiger partial charge in [-0.2, -0.15) is 0 Å². The Hall–Kier alpha value is -2.66. The van der Waals surface area contributed by atoms with Gasteiger partial charge in [0.15, 0.2) is 0 Å². The Balaban J connectivity index is 1.59. The molecule has 140 valence electrons. The summed E-state index contributed by atoms with van der Waals surface area (Å²) in [5, 5.41) is 4.04. The molecule has 1 amide bonds. The molecule has 0 saturated carbocycles. The Morgan fingerprint density at radius 1 is 1.04 bits per heavy atom. The van der Waals surface area contributed by atoms with Crippen LogP contribution >= 0.6 is 11.8 Å². The summed E-state index contributed by atoms with van der Waals surface area (Å²) in [7, 11) is 1.62. The minimum Gasteiger partial charge on any atom is -0.497 e. The monoisotopic (exact) mass is 380 g/mol. The molecule has 0 unspecified atom stereocenters. The van der Waals surface area contributed by atoms with Gasteiger partial charge >= 0.3 is 0 Å². The van der Waals surface area contributed by atoms with E-state index in [2.05, 4.69) is 53.2 Å². The average molecular weight is 381 g/mol. The molecule has 1 aromatic heterocycles. The highest BCUT2D eigenvalue weighted by Crippen LogP contribution is 2.24. The van der Waals surface area contributed by atoms with Crippen LogP contribution in [-0.4, -0.2) is 23.3 Å². The van der Waals surface area contributed by atoms with Crippen LogP contribution in [0.4, 0.5) is 5.69 Å². The first-order chi connectivity index (χ1) is 13.2. The zero-order valence-corrected chi connectivity index (χ0v) is 16.5. The lowest BCUT2D eigenvalue weighted by molar-refractivity contribution is -0.113. The van der Waals surface area contributed by atoms with Crippen LogP contribution in [-0.2, 0) is 17.8 Å². The third-order valence-electron chi connectivity index (χ3n) is 4.30. The third kappa shape index (κ3) is 5.17.